The summed E-state index contributed by atoms with van der Waals surface area (Å²) in [6.45, 7) is 1.69. The molecule has 9 heteroatoms. The number of rotatable bonds is 4. The van der Waals surface area contributed by atoms with Gasteiger partial charge in [0, 0.05) is 31.6 Å². The molecule has 166 valence electrons. The largest absolute Gasteiger partial charge is 0.368 e. The van der Waals surface area contributed by atoms with Gasteiger partial charge in [-0.05, 0) is 44.2 Å². The highest BCUT2D eigenvalue weighted by atomic mass is 35.5. The van der Waals surface area contributed by atoms with Crippen molar-refractivity contribution >= 4 is 34.2 Å². The number of amides is 2. The number of hydrogen-bond donors (Lipinski definition) is 0. The van der Waals surface area contributed by atoms with Crippen LogP contribution in [0, 0.1) is 0 Å². The van der Waals surface area contributed by atoms with Gasteiger partial charge >= 0.3 is 6.03 Å². The molecule has 1 aromatic carbocycles. The molecule has 4 fully saturated rings. The van der Waals surface area contributed by atoms with Crippen molar-refractivity contribution in [1.29, 1.82) is 0 Å². The van der Waals surface area contributed by atoms with E-state index in [1.165, 1.54) is 12.8 Å². The van der Waals surface area contributed by atoms with Crippen LogP contribution >= 0.6 is 11.6 Å². The van der Waals surface area contributed by atoms with E-state index in [1.54, 1.807) is 0 Å². The van der Waals surface area contributed by atoms with Crippen molar-refractivity contribution in [3.63, 3.8) is 0 Å². The van der Waals surface area contributed by atoms with E-state index in [9.17, 15) is 4.79 Å². The van der Waals surface area contributed by atoms with Gasteiger partial charge in [-0.15, -0.1) is 0 Å². The number of anilines is 1. The number of carbonyl (C=O) groups excluding carboxylic acids is 1. The van der Waals surface area contributed by atoms with Gasteiger partial charge in [0.2, 0.25) is 0 Å². The Morgan fingerprint density at radius 2 is 1.81 bits per heavy atom. The lowest BCUT2D eigenvalue weighted by Crippen LogP contribution is -2.52. The molecule has 4 aliphatic rings. The van der Waals surface area contributed by atoms with Crippen molar-refractivity contribution < 1.29 is 4.79 Å². The van der Waals surface area contributed by atoms with E-state index in [2.05, 4.69) is 32.3 Å². The van der Waals surface area contributed by atoms with Gasteiger partial charge in [0.05, 0.1) is 52.9 Å². The highest BCUT2D eigenvalue weighted by molar-refractivity contribution is 6.34. The topological polar surface area (TPSA) is 62.4 Å². The number of benzene rings is 1. The second kappa shape index (κ2) is 6.63. The Hall–Kier alpha value is -2.74. The first kappa shape index (κ1) is 18.8. The van der Waals surface area contributed by atoms with Crippen LogP contribution in [0.2, 0.25) is 5.02 Å². The first-order chi connectivity index (χ1) is 15.6. The molecule has 2 aliphatic carbocycles. The molecule has 0 radical (unpaired) electrons. The highest BCUT2D eigenvalue weighted by Crippen LogP contribution is 2.41. The number of aromatic nitrogens is 4. The summed E-state index contributed by atoms with van der Waals surface area (Å²) in [5.74, 6) is 0. The van der Waals surface area contributed by atoms with Gasteiger partial charge in [0.25, 0.3) is 0 Å². The average Bonchev–Trinajstić information content (AvgIpc) is 3.71. The predicted molar refractivity (Wildman–Crippen MR) is 123 cm³/mol. The third-order valence-corrected chi connectivity index (χ3v) is 7.90. The normalized spacial score (nSPS) is 25.8. The SMILES string of the molecule is CN1C(=O)N(C2CC2)[C@@H]2CCN(c3cc4c(cnn4-c4cnn(C5CC5)c4)cc3Cl)C[C@@H]21. The van der Waals surface area contributed by atoms with Crippen LogP contribution < -0.4 is 4.90 Å². The molecule has 0 N–H and O–H groups in total. The van der Waals surface area contributed by atoms with Crippen molar-refractivity contribution in [1.82, 2.24) is 29.4 Å². The monoisotopic (exact) mass is 451 g/mol. The first-order valence-electron chi connectivity index (χ1n) is 11.6. The summed E-state index contributed by atoms with van der Waals surface area (Å²) in [5, 5.41) is 10.9. The number of piperidine rings is 1. The Labute approximate surface area is 191 Å². The molecule has 3 aromatic rings. The lowest BCUT2D eigenvalue weighted by molar-refractivity contribution is 0.187. The number of likely N-dealkylation sites (N-methyl/N-ethyl adjacent to an activating group) is 1. The summed E-state index contributed by atoms with van der Waals surface area (Å²) in [7, 11) is 1.95. The smallest absolute Gasteiger partial charge is 0.320 e. The molecule has 7 rings (SSSR count). The Balaban J connectivity index is 1.22. The van der Waals surface area contributed by atoms with Gasteiger partial charge in [-0.3, -0.25) is 4.68 Å². The van der Waals surface area contributed by atoms with Gasteiger partial charge in [0.15, 0.2) is 0 Å². The van der Waals surface area contributed by atoms with Crippen LogP contribution in [-0.4, -0.2) is 73.7 Å². The molecule has 2 atom stereocenters. The van der Waals surface area contributed by atoms with Crippen LogP contribution in [0.15, 0.2) is 30.7 Å². The Morgan fingerprint density at radius 3 is 2.59 bits per heavy atom. The first-order valence-corrected chi connectivity index (χ1v) is 12.0. The van der Waals surface area contributed by atoms with Crippen molar-refractivity contribution in [2.75, 3.05) is 25.0 Å². The Morgan fingerprint density at radius 1 is 1.00 bits per heavy atom. The van der Waals surface area contributed by atoms with E-state index >= 15 is 0 Å². The number of nitrogens with zero attached hydrogens (tertiary/aromatic N) is 7. The van der Waals surface area contributed by atoms with Gasteiger partial charge in [-0.2, -0.15) is 10.2 Å². The minimum Gasteiger partial charge on any atom is -0.368 e. The molecular weight excluding hydrogens is 426 g/mol. The number of carbonyl (C=O) groups is 1. The van der Waals surface area contributed by atoms with Gasteiger partial charge in [0.1, 0.15) is 5.69 Å². The van der Waals surface area contributed by atoms with Crippen LogP contribution in [0.25, 0.3) is 16.6 Å². The Kier molecular flexibility index (Phi) is 3.90. The van der Waals surface area contributed by atoms with Gasteiger partial charge < -0.3 is 14.7 Å². The molecule has 2 amide bonds. The highest BCUT2D eigenvalue weighted by Gasteiger charge is 2.51. The molecule has 2 saturated carbocycles. The van der Waals surface area contributed by atoms with E-state index in [1.807, 2.05) is 39.8 Å². The van der Waals surface area contributed by atoms with E-state index < -0.39 is 0 Å². The second-order valence-corrected chi connectivity index (χ2v) is 10.1. The molecule has 4 heterocycles. The number of hydrogen-bond acceptors (Lipinski definition) is 4. The maximum absolute atomic E-state index is 12.8. The van der Waals surface area contributed by atoms with E-state index in [-0.39, 0.29) is 12.1 Å². The molecule has 0 unspecified atom stereocenters. The summed E-state index contributed by atoms with van der Waals surface area (Å²) in [5.41, 5.74) is 3.01. The van der Waals surface area contributed by atoms with E-state index in [0.29, 0.717) is 18.1 Å². The standard InChI is InChI=1S/C23H26ClN7O/c1-27-22-13-28(7-6-19(22)30(23(27)32)16-4-5-16)21-9-20-14(8-18(21)24)10-26-31(20)17-11-25-29(12-17)15-2-3-15/h8-12,15-16,19,22H,2-7,13H2,1H3/t19-,22+/m1/s1. The number of halogens is 1. The van der Waals surface area contributed by atoms with Gasteiger partial charge in [-0.25, -0.2) is 9.48 Å². The minimum absolute atomic E-state index is 0.191. The molecular formula is C23H26ClN7O. The van der Waals surface area contributed by atoms with Crippen molar-refractivity contribution in [2.24, 2.45) is 0 Å². The third kappa shape index (κ3) is 2.78. The van der Waals surface area contributed by atoms with Gasteiger partial charge in [-0.1, -0.05) is 11.6 Å². The molecule has 2 saturated heterocycles. The zero-order valence-corrected chi connectivity index (χ0v) is 18.8. The fraction of sp³-hybridized carbons (Fsp3) is 0.522. The lowest BCUT2D eigenvalue weighted by atomic mass is 9.98. The number of fused-ring (bicyclic) bond motifs is 2. The summed E-state index contributed by atoms with van der Waals surface area (Å²) in [4.78, 5) is 19.3. The summed E-state index contributed by atoms with van der Waals surface area (Å²) < 4.78 is 4.00. The average molecular weight is 452 g/mol. The summed E-state index contributed by atoms with van der Waals surface area (Å²) in [6.07, 6.45) is 11.5. The second-order valence-electron chi connectivity index (χ2n) is 9.73. The molecule has 0 bridgehead atoms. The molecule has 2 aliphatic heterocycles. The lowest BCUT2D eigenvalue weighted by Gasteiger charge is -2.39. The zero-order chi connectivity index (χ0) is 21.6. The van der Waals surface area contributed by atoms with E-state index in [0.717, 1.165) is 59.7 Å². The van der Waals surface area contributed by atoms with Crippen LogP contribution in [-0.2, 0) is 0 Å². The van der Waals surface area contributed by atoms with Crippen molar-refractivity contribution in [2.45, 2.75) is 56.3 Å². The van der Waals surface area contributed by atoms with Crippen LogP contribution in [0.1, 0.15) is 38.1 Å². The zero-order valence-electron chi connectivity index (χ0n) is 18.1. The van der Waals surface area contributed by atoms with Crippen LogP contribution in [0.3, 0.4) is 0 Å². The maximum atomic E-state index is 12.8. The van der Waals surface area contributed by atoms with Crippen LogP contribution in [0.4, 0.5) is 10.5 Å². The molecule has 8 nitrogen and oxygen atoms in total. The van der Waals surface area contributed by atoms with Crippen molar-refractivity contribution in [3.8, 4) is 5.69 Å². The predicted octanol–water partition coefficient (Wildman–Crippen LogP) is 3.69. The quantitative estimate of drug-likeness (QED) is 0.607. The molecule has 32 heavy (non-hydrogen) atoms. The van der Waals surface area contributed by atoms with Crippen LogP contribution in [0.5, 0.6) is 0 Å². The summed E-state index contributed by atoms with van der Waals surface area (Å²) >= 11 is 6.76. The van der Waals surface area contributed by atoms with Crippen molar-refractivity contribution in [3.05, 3.63) is 35.7 Å². The minimum atomic E-state index is 0.191. The number of urea groups is 1. The summed E-state index contributed by atoms with van der Waals surface area (Å²) in [6, 6.07) is 5.86. The molecule has 2 aromatic heterocycles. The third-order valence-electron chi connectivity index (χ3n) is 7.59. The van der Waals surface area contributed by atoms with E-state index in [4.69, 9.17) is 11.6 Å². The maximum Gasteiger partial charge on any atom is 0.320 e. The Bertz CT molecular complexity index is 1230. The fourth-order valence-electron chi connectivity index (χ4n) is 5.55. The molecule has 0 spiro atoms. The fourth-order valence-corrected chi connectivity index (χ4v) is 5.84.